The molecule has 0 radical (unpaired) electrons. The van der Waals surface area contributed by atoms with Gasteiger partial charge in [-0.3, -0.25) is 0 Å². The Bertz CT molecular complexity index is 477. The van der Waals surface area contributed by atoms with Crippen LogP contribution in [0.2, 0.25) is 0 Å². The van der Waals surface area contributed by atoms with Gasteiger partial charge in [0.25, 0.3) is 0 Å². The molecule has 0 aliphatic rings. The van der Waals surface area contributed by atoms with Gasteiger partial charge in [0, 0.05) is 39.7 Å². The number of imidazole rings is 1. The minimum Gasteiger partial charge on any atom is -0.385 e. The maximum atomic E-state index is 5.04. The second-order valence-corrected chi connectivity index (χ2v) is 4.00. The van der Waals surface area contributed by atoms with E-state index < -0.39 is 0 Å². The highest BCUT2D eigenvalue weighted by molar-refractivity contribution is 5.26. The standard InChI is InChI=1S/C11H18N6O/c1-16-9-14-15-10(16)8-13-11-12-4-6-17(11)5-3-7-18-2/h4,6,9H,3,5,7-8H2,1-2H3,(H,12,13). The third-order valence-corrected chi connectivity index (χ3v) is 2.67. The van der Waals surface area contributed by atoms with Crippen molar-refractivity contribution in [3.63, 3.8) is 0 Å². The number of nitrogens with one attached hydrogen (secondary N) is 1. The molecule has 98 valence electrons. The molecule has 2 aromatic rings. The van der Waals surface area contributed by atoms with Gasteiger partial charge in [0.15, 0.2) is 5.82 Å². The van der Waals surface area contributed by atoms with Gasteiger partial charge in [-0.25, -0.2) is 4.98 Å². The number of hydrogen-bond donors (Lipinski definition) is 1. The first kappa shape index (κ1) is 12.6. The normalized spacial score (nSPS) is 10.8. The van der Waals surface area contributed by atoms with Gasteiger partial charge in [-0.15, -0.1) is 10.2 Å². The van der Waals surface area contributed by atoms with E-state index in [2.05, 4.69) is 25.1 Å². The van der Waals surface area contributed by atoms with Crippen molar-refractivity contribution in [3.05, 3.63) is 24.5 Å². The predicted octanol–water partition coefficient (Wildman–Crippen LogP) is 0.660. The van der Waals surface area contributed by atoms with Crippen LogP contribution in [0.5, 0.6) is 0 Å². The average Bonchev–Trinajstić information content (AvgIpc) is 2.96. The molecule has 0 bridgehead atoms. The molecule has 2 aromatic heterocycles. The van der Waals surface area contributed by atoms with Crippen LogP contribution < -0.4 is 5.32 Å². The SMILES string of the molecule is COCCCn1ccnc1NCc1nncn1C. The van der Waals surface area contributed by atoms with E-state index in [9.17, 15) is 0 Å². The zero-order valence-corrected chi connectivity index (χ0v) is 10.7. The van der Waals surface area contributed by atoms with Gasteiger partial charge in [-0.2, -0.15) is 0 Å². The highest BCUT2D eigenvalue weighted by atomic mass is 16.5. The minimum absolute atomic E-state index is 0.609. The third kappa shape index (κ3) is 3.07. The second-order valence-electron chi connectivity index (χ2n) is 4.00. The average molecular weight is 250 g/mol. The highest BCUT2D eigenvalue weighted by Crippen LogP contribution is 2.07. The van der Waals surface area contributed by atoms with E-state index in [1.807, 2.05) is 17.8 Å². The first-order valence-electron chi connectivity index (χ1n) is 5.88. The summed E-state index contributed by atoms with van der Waals surface area (Å²) in [4.78, 5) is 4.28. The lowest BCUT2D eigenvalue weighted by Crippen LogP contribution is -2.11. The highest BCUT2D eigenvalue weighted by Gasteiger charge is 2.04. The van der Waals surface area contributed by atoms with Crippen LogP contribution in [0.3, 0.4) is 0 Å². The summed E-state index contributed by atoms with van der Waals surface area (Å²) < 4.78 is 8.98. The van der Waals surface area contributed by atoms with Gasteiger partial charge in [-0.05, 0) is 6.42 Å². The number of anilines is 1. The second kappa shape index (κ2) is 6.15. The molecule has 0 fully saturated rings. The summed E-state index contributed by atoms with van der Waals surface area (Å²) in [5.41, 5.74) is 0. The molecular formula is C11H18N6O. The van der Waals surface area contributed by atoms with Crippen LogP contribution in [0.4, 0.5) is 5.95 Å². The molecule has 0 aliphatic heterocycles. The lowest BCUT2D eigenvalue weighted by molar-refractivity contribution is 0.190. The van der Waals surface area contributed by atoms with Crippen LogP contribution in [0.15, 0.2) is 18.7 Å². The van der Waals surface area contributed by atoms with Gasteiger partial charge < -0.3 is 19.2 Å². The van der Waals surface area contributed by atoms with E-state index in [1.54, 1.807) is 19.6 Å². The first-order valence-corrected chi connectivity index (χ1v) is 5.88. The summed E-state index contributed by atoms with van der Waals surface area (Å²) in [6.45, 7) is 2.24. The number of aromatic nitrogens is 5. The zero-order chi connectivity index (χ0) is 12.8. The van der Waals surface area contributed by atoms with E-state index >= 15 is 0 Å². The van der Waals surface area contributed by atoms with Crippen molar-refractivity contribution in [1.82, 2.24) is 24.3 Å². The van der Waals surface area contributed by atoms with Gasteiger partial charge in [0.1, 0.15) is 6.33 Å². The quantitative estimate of drug-likeness (QED) is 0.731. The molecule has 0 aliphatic carbocycles. The fraction of sp³-hybridized carbons (Fsp3) is 0.545. The Morgan fingerprint density at radius 2 is 2.33 bits per heavy atom. The van der Waals surface area contributed by atoms with Crippen molar-refractivity contribution in [2.24, 2.45) is 7.05 Å². The van der Waals surface area contributed by atoms with E-state index in [1.165, 1.54) is 0 Å². The summed E-state index contributed by atoms with van der Waals surface area (Å²) >= 11 is 0. The molecule has 2 heterocycles. The molecule has 7 heteroatoms. The van der Waals surface area contributed by atoms with Crippen LogP contribution in [0, 0.1) is 0 Å². The fourth-order valence-corrected chi connectivity index (χ4v) is 1.66. The van der Waals surface area contributed by atoms with Crippen LogP contribution in [0.1, 0.15) is 12.2 Å². The van der Waals surface area contributed by atoms with Gasteiger partial charge in [0.2, 0.25) is 5.95 Å². The van der Waals surface area contributed by atoms with Crippen molar-refractivity contribution in [2.75, 3.05) is 19.0 Å². The number of ether oxygens (including phenoxy) is 1. The molecule has 0 saturated heterocycles. The Kier molecular flexibility index (Phi) is 4.30. The van der Waals surface area contributed by atoms with Gasteiger partial charge >= 0.3 is 0 Å². The van der Waals surface area contributed by atoms with Crippen molar-refractivity contribution >= 4 is 5.95 Å². The minimum atomic E-state index is 0.609. The third-order valence-electron chi connectivity index (χ3n) is 2.67. The molecular weight excluding hydrogens is 232 g/mol. The molecule has 0 aromatic carbocycles. The largest absolute Gasteiger partial charge is 0.385 e. The fourth-order valence-electron chi connectivity index (χ4n) is 1.66. The smallest absolute Gasteiger partial charge is 0.203 e. The number of methoxy groups -OCH3 is 1. The Morgan fingerprint density at radius 3 is 3.06 bits per heavy atom. The summed E-state index contributed by atoms with van der Waals surface area (Å²) in [7, 11) is 3.63. The number of hydrogen-bond acceptors (Lipinski definition) is 5. The number of nitrogens with zero attached hydrogens (tertiary/aromatic N) is 5. The first-order chi connectivity index (χ1) is 8.81. The topological polar surface area (TPSA) is 69.8 Å². The Balaban J connectivity index is 1.89. The van der Waals surface area contributed by atoms with Gasteiger partial charge in [-0.1, -0.05) is 0 Å². The zero-order valence-electron chi connectivity index (χ0n) is 10.7. The summed E-state index contributed by atoms with van der Waals surface area (Å²) in [5.74, 6) is 1.72. The maximum absolute atomic E-state index is 5.04. The predicted molar refractivity (Wildman–Crippen MR) is 67.0 cm³/mol. The number of aryl methyl sites for hydroxylation is 2. The summed E-state index contributed by atoms with van der Waals surface area (Å²) in [6.07, 6.45) is 6.38. The molecule has 1 N–H and O–H groups in total. The van der Waals surface area contributed by atoms with Crippen molar-refractivity contribution in [1.29, 1.82) is 0 Å². The molecule has 0 saturated carbocycles. The van der Waals surface area contributed by atoms with Crippen molar-refractivity contribution < 1.29 is 4.74 Å². The van der Waals surface area contributed by atoms with Crippen LogP contribution in [-0.4, -0.2) is 38.0 Å². The lowest BCUT2D eigenvalue weighted by atomic mass is 10.4. The van der Waals surface area contributed by atoms with E-state index in [0.29, 0.717) is 6.54 Å². The number of rotatable bonds is 7. The van der Waals surface area contributed by atoms with E-state index in [0.717, 1.165) is 31.3 Å². The molecule has 0 unspecified atom stereocenters. The van der Waals surface area contributed by atoms with Crippen LogP contribution >= 0.6 is 0 Å². The maximum Gasteiger partial charge on any atom is 0.203 e. The Labute approximate surface area is 106 Å². The molecule has 18 heavy (non-hydrogen) atoms. The molecule has 0 spiro atoms. The van der Waals surface area contributed by atoms with Crippen molar-refractivity contribution in [2.45, 2.75) is 19.5 Å². The molecule has 0 amide bonds. The Morgan fingerprint density at radius 1 is 1.44 bits per heavy atom. The van der Waals surface area contributed by atoms with Crippen LogP contribution in [-0.2, 0) is 24.9 Å². The van der Waals surface area contributed by atoms with E-state index in [4.69, 9.17) is 4.74 Å². The molecule has 7 nitrogen and oxygen atoms in total. The van der Waals surface area contributed by atoms with Crippen LogP contribution in [0.25, 0.3) is 0 Å². The van der Waals surface area contributed by atoms with Gasteiger partial charge in [0.05, 0.1) is 6.54 Å². The lowest BCUT2D eigenvalue weighted by Gasteiger charge is -2.09. The Hall–Kier alpha value is -1.89. The summed E-state index contributed by atoms with van der Waals surface area (Å²) in [6, 6.07) is 0. The van der Waals surface area contributed by atoms with E-state index in [-0.39, 0.29) is 0 Å². The summed E-state index contributed by atoms with van der Waals surface area (Å²) in [5, 5.41) is 11.1. The molecule has 2 rings (SSSR count). The monoisotopic (exact) mass is 250 g/mol. The molecule has 0 atom stereocenters. The van der Waals surface area contributed by atoms with Crippen molar-refractivity contribution in [3.8, 4) is 0 Å².